The zero-order valence-corrected chi connectivity index (χ0v) is 20.4. The van der Waals surface area contributed by atoms with Crippen LogP contribution >= 0.6 is 0 Å². The van der Waals surface area contributed by atoms with E-state index in [0.29, 0.717) is 18.8 Å². The van der Waals surface area contributed by atoms with Crippen molar-refractivity contribution < 1.29 is 9.59 Å². The van der Waals surface area contributed by atoms with Crippen LogP contribution in [0.2, 0.25) is 0 Å². The first-order valence-electron chi connectivity index (χ1n) is 11.9. The van der Waals surface area contributed by atoms with Crippen LogP contribution in [0.3, 0.4) is 0 Å². The molecule has 2 amide bonds. The SMILES string of the molecule is Cc1cccc(NC(=O)c2ccc(=O)n(CCC(=O)N3CCN(c4cccc(C)c4)[C@H](C)C3)n2)c1. The number of benzene rings is 2. The molecule has 2 aromatic carbocycles. The highest BCUT2D eigenvalue weighted by atomic mass is 16.2. The average Bonchev–Trinajstić information content (AvgIpc) is 2.83. The van der Waals surface area contributed by atoms with Gasteiger partial charge in [-0.05, 0) is 62.2 Å². The molecule has 8 heteroatoms. The Morgan fingerprint density at radius 2 is 1.74 bits per heavy atom. The first-order valence-corrected chi connectivity index (χ1v) is 11.9. The van der Waals surface area contributed by atoms with Crippen LogP contribution in [0.4, 0.5) is 11.4 Å². The van der Waals surface area contributed by atoms with Crippen molar-refractivity contribution in [3.05, 3.63) is 87.8 Å². The number of rotatable bonds is 6. The first kappa shape index (κ1) is 24.2. The third-order valence-corrected chi connectivity index (χ3v) is 6.23. The van der Waals surface area contributed by atoms with E-state index in [2.05, 4.69) is 53.4 Å². The van der Waals surface area contributed by atoms with E-state index in [1.165, 1.54) is 28.1 Å². The van der Waals surface area contributed by atoms with Gasteiger partial charge in [0, 0.05) is 49.5 Å². The number of aryl methyl sites for hydroxylation is 3. The fraction of sp³-hybridized carbons (Fsp3) is 0.333. The third-order valence-electron chi connectivity index (χ3n) is 6.23. The number of hydrogen-bond acceptors (Lipinski definition) is 5. The molecule has 0 unspecified atom stereocenters. The van der Waals surface area contributed by atoms with Gasteiger partial charge in [0.15, 0.2) is 0 Å². The van der Waals surface area contributed by atoms with Gasteiger partial charge in [-0.25, -0.2) is 4.68 Å². The highest BCUT2D eigenvalue weighted by molar-refractivity contribution is 6.02. The normalized spacial score (nSPS) is 15.7. The van der Waals surface area contributed by atoms with Gasteiger partial charge in [-0.2, -0.15) is 5.10 Å². The summed E-state index contributed by atoms with van der Waals surface area (Å²) in [5.41, 5.74) is 3.83. The van der Waals surface area contributed by atoms with E-state index in [1.807, 2.05) is 30.0 Å². The molecule has 1 aliphatic heterocycles. The fourth-order valence-electron chi connectivity index (χ4n) is 4.38. The summed E-state index contributed by atoms with van der Waals surface area (Å²) in [7, 11) is 0. The van der Waals surface area contributed by atoms with Crippen LogP contribution in [0.25, 0.3) is 0 Å². The Morgan fingerprint density at radius 1 is 1.00 bits per heavy atom. The molecule has 1 aliphatic rings. The summed E-state index contributed by atoms with van der Waals surface area (Å²) in [6.45, 7) is 8.24. The summed E-state index contributed by atoms with van der Waals surface area (Å²) in [6, 6.07) is 18.7. The lowest BCUT2D eigenvalue weighted by Gasteiger charge is -2.41. The zero-order chi connectivity index (χ0) is 24.9. The lowest BCUT2D eigenvalue weighted by atomic mass is 10.1. The van der Waals surface area contributed by atoms with Gasteiger partial charge < -0.3 is 15.1 Å². The van der Waals surface area contributed by atoms with Crippen LogP contribution in [0.5, 0.6) is 0 Å². The fourth-order valence-corrected chi connectivity index (χ4v) is 4.38. The molecular weight excluding hydrogens is 442 g/mol. The molecule has 0 bridgehead atoms. The molecule has 1 saturated heterocycles. The molecular formula is C27H31N5O3. The molecule has 1 atom stereocenters. The van der Waals surface area contributed by atoms with E-state index in [0.717, 1.165) is 12.1 Å². The lowest BCUT2D eigenvalue weighted by molar-refractivity contribution is -0.132. The second kappa shape index (κ2) is 10.5. The minimum absolute atomic E-state index is 0.0240. The lowest BCUT2D eigenvalue weighted by Crippen LogP contribution is -2.54. The number of piperazine rings is 1. The molecule has 0 radical (unpaired) electrons. The van der Waals surface area contributed by atoms with Gasteiger partial charge in [-0.1, -0.05) is 24.3 Å². The van der Waals surface area contributed by atoms with Crippen molar-refractivity contribution in [3.8, 4) is 0 Å². The number of nitrogens with zero attached hydrogens (tertiary/aromatic N) is 4. The van der Waals surface area contributed by atoms with Crippen LogP contribution in [0, 0.1) is 13.8 Å². The predicted molar refractivity (Wildman–Crippen MR) is 137 cm³/mol. The Balaban J connectivity index is 1.35. The first-order chi connectivity index (χ1) is 16.8. The van der Waals surface area contributed by atoms with Crippen molar-refractivity contribution in [2.24, 2.45) is 0 Å². The molecule has 2 heterocycles. The summed E-state index contributed by atoms with van der Waals surface area (Å²) < 4.78 is 1.19. The number of nitrogens with one attached hydrogen (secondary N) is 1. The predicted octanol–water partition coefficient (Wildman–Crippen LogP) is 3.24. The molecule has 1 N–H and O–H groups in total. The number of amides is 2. The van der Waals surface area contributed by atoms with Gasteiger partial charge in [-0.3, -0.25) is 14.4 Å². The van der Waals surface area contributed by atoms with E-state index < -0.39 is 5.91 Å². The molecule has 182 valence electrons. The molecule has 35 heavy (non-hydrogen) atoms. The second-order valence-electron chi connectivity index (χ2n) is 9.07. The smallest absolute Gasteiger partial charge is 0.276 e. The number of carbonyl (C=O) groups is 2. The average molecular weight is 474 g/mol. The van der Waals surface area contributed by atoms with Crippen LogP contribution in [0.15, 0.2) is 65.5 Å². The Labute approximate surface area is 205 Å². The van der Waals surface area contributed by atoms with Crippen LogP contribution in [0.1, 0.15) is 35.0 Å². The monoisotopic (exact) mass is 473 g/mol. The number of carbonyl (C=O) groups excluding carboxylic acids is 2. The van der Waals surface area contributed by atoms with Gasteiger partial charge in [0.1, 0.15) is 5.69 Å². The number of aromatic nitrogens is 2. The standard InChI is InChI=1S/C27H31N5O3/c1-19-6-4-8-22(16-19)28-27(35)24-10-11-26(34)32(29-24)13-12-25(33)30-14-15-31(21(3)18-30)23-9-5-7-20(2)17-23/h4-11,16-17,21H,12-15,18H2,1-3H3,(H,28,35)/t21-/m1/s1. The van der Waals surface area contributed by atoms with Crippen molar-refractivity contribution in [1.82, 2.24) is 14.7 Å². The van der Waals surface area contributed by atoms with E-state index in [1.54, 1.807) is 6.07 Å². The Morgan fingerprint density at radius 3 is 2.46 bits per heavy atom. The third kappa shape index (κ3) is 5.95. The Kier molecular flexibility index (Phi) is 7.29. The molecule has 3 aromatic rings. The van der Waals surface area contributed by atoms with Gasteiger partial charge in [0.05, 0.1) is 6.54 Å². The molecule has 0 aliphatic carbocycles. The van der Waals surface area contributed by atoms with Crippen LogP contribution in [-0.2, 0) is 11.3 Å². The Hall–Kier alpha value is -3.94. The van der Waals surface area contributed by atoms with Crippen molar-refractivity contribution in [3.63, 3.8) is 0 Å². The number of anilines is 2. The van der Waals surface area contributed by atoms with Crippen molar-refractivity contribution in [2.45, 2.75) is 39.8 Å². The summed E-state index contributed by atoms with van der Waals surface area (Å²) in [5.74, 6) is -0.430. The molecule has 8 nitrogen and oxygen atoms in total. The van der Waals surface area contributed by atoms with Crippen molar-refractivity contribution in [2.75, 3.05) is 29.9 Å². The van der Waals surface area contributed by atoms with Gasteiger partial charge in [0.2, 0.25) is 5.91 Å². The highest BCUT2D eigenvalue weighted by Crippen LogP contribution is 2.22. The van der Waals surface area contributed by atoms with Crippen molar-refractivity contribution >= 4 is 23.2 Å². The molecule has 0 saturated carbocycles. The van der Waals surface area contributed by atoms with E-state index in [-0.39, 0.29) is 36.2 Å². The van der Waals surface area contributed by atoms with E-state index >= 15 is 0 Å². The van der Waals surface area contributed by atoms with E-state index in [9.17, 15) is 14.4 Å². The maximum atomic E-state index is 12.9. The summed E-state index contributed by atoms with van der Waals surface area (Å²) in [6.07, 6.45) is 0.146. The largest absolute Gasteiger partial charge is 0.365 e. The minimum Gasteiger partial charge on any atom is -0.365 e. The quantitative estimate of drug-likeness (QED) is 0.594. The second-order valence-corrected chi connectivity index (χ2v) is 9.07. The minimum atomic E-state index is -0.406. The van der Waals surface area contributed by atoms with Gasteiger partial charge in [0.25, 0.3) is 11.5 Å². The van der Waals surface area contributed by atoms with Gasteiger partial charge >= 0.3 is 0 Å². The summed E-state index contributed by atoms with van der Waals surface area (Å²) in [4.78, 5) is 42.0. The van der Waals surface area contributed by atoms with Crippen molar-refractivity contribution in [1.29, 1.82) is 0 Å². The summed E-state index contributed by atoms with van der Waals surface area (Å²) >= 11 is 0. The maximum Gasteiger partial charge on any atom is 0.276 e. The molecule has 1 aromatic heterocycles. The van der Waals surface area contributed by atoms with Crippen LogP contribution < -0.4 is 15.8 Å². The maximum absolute atomic E-state index is 12.9. The molecule has 1 fully saturated rings. The highest BCUT2D eigenvalue weighted by Gasteiger charge is 2.27. The number of hydrogen-bond donors (Lipinski definition) is 1. The van der Waals surface area contributed by atoms with Gasteiger partial charge in [-0.15, -0.1) is 0 Å². The molecule has 0 spiro atoms. The van der Waals surface area contributed by atoms with Crippen LogP contribution in [-0.4, -0.2) is 52.2 Å². The topological polar surface area (TPSA) is 87.5 Å². The zero-order valence-electron chi connectivity index (χ0n) is 20.4. The van der Waals surface area contributed by atoms with E-state index in [4.69, 9.17) is 0 Å². The summed E-state index contributed by atoms with van der Waals surface area (Å²) in [5, 5.41) is 6.99. The molecule has 4 rings (SSSR count). The Bertz CT molecular complexity index is 1290.